The van der Waals surface area contributed by atoms with Crippen molar-refractivity contribution in [3.8, 4) is 5.75 Å². The van der Waals surface area contributed by atoms with Crippen molar-refractivity contribution >= 4 is 27.3 Å². The molecule has 1 unspecified atom stereocenters. The average Bonchev–Trinajstić information content (AvgIpc) is 2.75. The van der Waals surface area contributed by atoms with E-state index in [9.17, 15) is 9.90 Å². The molecule has 1 aromatic rings. The number of benzene rings is 1. The van der Waals surface area contributed by atoms with Crippen LogP contribution in [0.5, 0.6) is 5.75 Å². The van der Waals surface area contributed by atoms with Crippen LogP contribution in [-0.4, -0.2) is 10.9 Å². The van der Waals surface area contributed by atoms with Crippen molar-refractivity contribution < 1.29 is 9.90 Å². The number of allylic oxidation sites excluding steroid dienone is 2. The average molecular weight is 335 g/mol. The smallest absolute Gasteiger partial charge is 0.158 e. The molecule has 0 fully saturated rings. The Hall–Kier alpha value is -1.09. The van der Waals surface area contributed by atoms with Crippen molar-refractivity contribution in [2.24, 2.45) is 5.41 Å². The lowest BCUT2D eigenvalue weighted by Crippen LogP contribution is -2.27. The fourth-order valence-electron chi connectivity index (χ4n) is 4.04. The molecule has 0 amide bonds. The zero-order chi connectivity index (χ0) is 14.5. The summed E-state index contributed by atoms with van der Waals surface area (Å²) in [5.41, 5.74) is 4.61. The minimum atomic E-state index is 0.103. The highest BCUT2D eigenvalue weighted by molar-refractivity contribution is 9.10. The largest absolute Gasteiger partial charge is 0.507 e. The topological polar surface area (TPSA) is 37.3 Å². The van der Waals surface area contributed by atoms with E-state index in [4.69, 9.17) is 0 Å². The Morgan fingerprint density at radius 3 is 2.85 bits per heavy atom. The molecule has 0 aliphatic heterocycles. The first kappa shape index (κ1) is 13.9. The standard InChI is InChI=1S/C17H19BrO2/c1-3-7-17-8-6-13(19)10(2)15(17)11-4-5-14(20)16(18)12(11)9-17/h4-5,20H,3,6-9H2,1-2H3. The van der Waals surface area contributed by atoms with Crippen LogP contribution < -0.4 is 0 Å². The van der Waals surface area contributed by atoms with Crippen LogP contribution in [-0.2, 0) is 11.2 Å². The third kappa shape index (κ3) is 1.79. The van der Waals surface area contributed by atoms with Crippen molar-refractivity contribution in [1.82, 2.24) is 0 Å². The van der Waals surface area contributed by atoms with E-state index in [1.165, 1.54) is 11.1 Å². The molecule has 0 heterocycles. The predicted molar refractivity (Wildman–Crippen MR) is 83.7 cm³/mol. The van der Waals surface area contributed by atoms with Crippen LogP contribution in [0.1, 0.15) is 50.7 Å². The molecular formula is C17H19BrO2. The Balaban J connectivity index is 2.26. The number of Topliss-reactive ketones (excluding diaryl/α,β-unsaturated/α-hetero) is 1. The first-order valence-electron chi connectivity index (χ1n) is 7.25. The van der Waals surface area contributed by atoms with E-state index >= 15 is 0 Å². The number of carbonyl (C=O) groups is 1. The van der Waals surface area contributed by atoms with E-state index in [2.05, 4.69) is 22.9 Å². The van der Waals surface area contributed by atoms with Crippen LogP contribution in [0.4, 0.5) is 0 Å². The first-order valence-corrected chi connectivity index (χ1v) is 8.05. The summed E-state index contributed by atoms with van der Waals surface area (Å²) in [7, 11) is 0. The zero-order valence-corrected chi connectivity index (χ0v) is 13.5. The summed E-state index contributed by atoms with van der Waals surface area (Å²) in [6.07, 6.45) is 4.75. The number of aromatic hydroxyl groups is 1. The second kappa shape index (κ2) is 4.73. The van der Waals surface area contributed by atoms with Gasteiger partial charge >= 0.3 is 0 Å². The molecule has 2 nitrogen and oxygen atoms in total. The maximum absolute atomic E-state index is 12.1. The Morgan fingerprint density at radius 2 is 2.15 bits per heavy atom. The SMILES string of the molecule is CCCC12CCC(=O)C(C)=C1c1ccc(O)c(Br)c1C2. The number of phenols is 1. The predicted octanol–water partition coefficient (Wildman–Crippen LogP) is 4.63. The van der Waals surface area contributed by atoms with E-state index in [0.29, 0.717) is 12.2 Å². The van der Waals surface area contributed by atoms with Crippen molar-refractivity contribution in [3.05, 3.63) is 33.3 Å². The summed E-state index contributed by atoms with van der Waals surface area (Å²) >= 11 is 3.52. The van der Waals surface area contributed by atoms with E-state index < -0.39 is 0 Å². The number of hydrogen-bond acceptors (Lipinski definition) is 2. The second-order valence-corrected chi connectivity index (χ2v) is 6.85. The Bertz CT molecular complexity index is 630. The van der Waals surface area contributed by atoms with Gasteiger partial charge in [-0.15, -0.1) is 0 Å². The van der Waals surface area contributed by atoms with Crippen molar-refractivity contribution in [1.29, 1.82) is 0 Å². The minimum absolute atomic E-state index is 0.103. The van der Waals surface area contributed by atoms with Gasteiger partial charge in [-0.05, 0) is 70.5 Å². The van der Waals surface area contributed by atoms with E-state index in [0.717, 1.165) is 41.3 Å². The molecule has 3 rings (SSSR count). The Labute approximate surface area is 128 Å². The first-order chi connectivity index (χ1) is 9.50. The van der Waals surface area contributed by atoms with Crippen molar-refractivity contribution in [2.75, 3.05) is 0 Å². The Kier molecular flexibility index (Phi) is 3.28. The summed E-state index contributed by atoms with van der Waals surface area (Å²) in [5.74, 6) is 0.572. The third-order valence-corrected chi connectivity index (χ3v) is 5.77. The molecule has 3 heteroatoms. The highest BCUT2D eigenvalue weighted by atomic mass is 79.9. The van der Waals surface area contributed by atoms with Crippen LogP contribution in [0.25, 0.3) is 5.57 Å². The highest BCUT2D eigenvalue weighted by Crippen LogP contribution is 2.58. The second-order valence-electron chi connectivity index (χ2n) is 6.06. The van der Waals surface area contributed by atoms with Gasteiger partial charge in [0.05, 0.1) is 4.47 Å². The summed E-state index contributed by atoms with van der Waals surface area (Å²) in [4.78, 5) is 12.1. The molecule has 2 aliphatic carbocycles. The molecule has 0 saturated heterocycles. The molecule has 0 aromatic heterocycles. The fourth-order valence-corrected chi connectivity index (χ4v) is 4.52. The van der Waals surface area contributed by atoms with Gasteiger partial charge in [0.1, 0.15) is 5.75 Å². The van der Waals surface area contributed by atoms with Gasteiger partial charge in [-0.2, -0.15) is 0 Å². The minimum Gasteiger partial charge on any atom is -0.507 e. The van der Waals surface area contributed by atoms with Crippen LogP contribution in [0, 0.1) is 5.41 Å². The molecule has 0 saturated carbocycles. The fraction of sp³-hybridized carbons (Fsp3) is 0.471. The molecule has 1 N–H and O–H groups in total. The quantitative estimate of drug-likeness (QED) is 0.855. The van der Waals surface area contributed by atoms with Crippen LogP contribution in [0.15, 0.2) is 22.2 Å². The molecule has 20 heavy (non-hydrogen) atoms. The normalized spacial score (nSPS) is 24.9. The van der Waals surface area contributed by atoms with Crippen molar-refractivity contribution in [3.63, 3.8) is 0 Å². The van der Waals surface area contributed by atoms with Gasteiger partial charge in [-0.25, -0.2) is 0 Å². The zero-order valence-electron chi connectivity index (χ0n) is 11.9. The number of halogens is 1. The molecule has 0 bridgehead atoms. The summed E-state index contributed by atoms with van der Waals surface area (Å²) in [6.45, 7) is 4.17. The van der Waals surface area contributed by atoms with Gasteiger partial charge in [-0.3, -0.25) is 4.79 Å². The lowest BCUT2D eigenvalue weighted by molar-refractivity contribution is -0.116. The van der Waals surface area contributed by atoms with Crippen LogP contribution >= 0.6 is 15.9 Å². The monoisotopic (exact) mass is 334 g/mol. The van der Waals surface area contributed by atoms with E-state index in [-0.39, 0.29) is 11.2 Å². The van der Waals surface area contributed by atoms with Gasteiger partial charge in [0.25, 0.3) is 0 Å². The summed E-state index contributed by atoms with van der Waals surface area (Å²) in [6, 6.07) is 3.70. The van der Waals surface area contributed by atoms with Gasteiger partial charge in [0, 0.05) is 11.8 Å². The number of rotatable bonds is 2. The number of fused-ring (bicyclic) bond motifs is 3. The summed E-state index contributed by atoms with van der Waals surface area (Å²) in [5, 5.41) is 9.92. The number of phenolic OH excluding ortho intramolecular Hbond substituents is 1. The molecule has 1 aromatic carbocycles. The van der Waals surface area contributed by atoms with E-state index in [1.54, 1.807) is 6.07 Å². The Morgan fingerprint density at radius 1 is 1.40 bits per heavy atom. The summed E-state index contributed by atoms with van der Waals surface area (Å²) < 4.78 is 0.799. The number of hydrogen-bond donors (Lipinski definition) is 1. The molecular weight excluding hydrogens is 316 g/mol. The maximum atomic E-state index is 12.1. The van der Waals surface area contributed by atoms with Crippen LogP contribution in [0.2, 0.25) is 0 Å². The van der Waals surface area contributed by atoms with E-state index in [1.807, 2.05) is 13.0 Å². The van der Waals surface area contributed by atoms with Crippen molar-refractivity contribution in [2.45, 2.75) is 46.0 Å². The van der Waals surface area contributed by atoms with Gasteiger partial charge < -0.3 is 5.11 Å². The number of ketones is 1. The molecule has 106 valence electrons. The molecule has 0 spiro atoms. The molecule has 1 atom stereocenters. The molecule has 2 aliphatic rings. The molecule has 0 radical (unpaired) electrons. The number of carbonyl (C=O) groups excluding carboxylic acids is 1. The lowest BCUT2D eigenvalue weighted by atomic mass is 9.67. The third-order valence-electron chi connectivity index (χ3n) is 4.89. The van der Waals surface area contributed by atoms with Gasteiger partial charge in [-0.1, -0.05) is 19.4 Å². The van der Waals surface area contributed by atoms with Gasteiger partial charge in [0.2, 0.25) is 0 Å². The highest BCUT2D eigenvalue weighted by Gasteiger charge is 2.46. The van der Waals surface area contributed by atoms with Crippen LogP contribution in [0.3, 0.4) is 0 Å². The van der Waals surface area contributed by atoms with Gasteiger partial charge in [0.15, 0.2) is 5.78 Å². The maximum Gasteiger partial charge on any atom is 0.158 e. The lowest BCUT2D eigenvalue weighted by Gasteiger charge is -2.35.